The number of fused-ring (bicyclic) bond motifs is 2. The third-order valence-electron chi connectivity index (χ3n) is 6.33. The van der Waals surface area contributed by atoms with Crippen molar-refractivity contribution in [3.05, 3.63) is 78.4 Å². The second kappa shape index (κ2) is 9.31. The molecule has 0 radical (unpaired) electrons. The van der Waals surface area contributed by atoms with Crippen molar-refractivity contribution in [2.45, 2.75) is 29.5 Å². The Morgan fingerprint density at radius 1 is 0.941 bits per heavy atom. The summed E-state index contributed by atoms with van der Waals surface area (Å²) in [5.74, 6) is 1.87. The van der Waals surface area contributed by atoms with Gasteiger partial charge in [0.2, 0.25) is 11.1 Å². The number of aromatic nitrogens is 1. The molecule has 2 aliphatic heterocycles. The lowest BCUT2D eigenvalue weighted by Gasteiger charge is -2.37. The number of rotatable bonds is 3. The second-order valence-electron chi connectivity index (χ2n) is 8.50. The molecule has 2 aliphatic rings. The van der Waals surface area contributed by atoms with Crippen molar-refractivity contribution in [3.63, 3.8) is 0 Å². The van der Waals surface area contributed by atoms with E-state index in [1.165, 1.54) is 40.1 Å². The fourth-order valence-corrected chi connectivity index (χ4v) is 6.74. The van der Waals surface area contributed by atoms with E-state index in [0.717, 1.165) is 35.4 Å². The van der Waals surface area contributed by atoms with E-state index in [9.17, 15) is 0 Å². The zero-order valence-corrected chi connectivity index (χ0v) is 20.7. The molecule has 0 spiro atoms. The highest BCUT2D eigenvalue weighted by Crippen LogP contribution is 2.52. The summed E-state index contributed by atoms with van der Waals surface area (Å²) >= 11 is 3.54. The lowest BCUT2D eigenvalue weighted by Crippen LogP contribution is -2.46. The van der Waals surface area contributed by atoms with Gasteiger partial charge in [0.15, 0.2) is 0 Å². The lowest BCUT2D eigenvalue weighted by molar-refractivity contribution is 0.336. The topological polar surface area (TPSA) is 41.0 Å². The van der Waals surface area contributed by atoms with Crippen LogP contribution in [0.15, 0.2) is 82.7 Å². The minimum absolute atomic E-state index is 0.0957. The highest BCUT2D eigenvalue weighted by molar-refractivity contribution is 8.00. The molecule has 0 bridgehead atoms. The van der Waals surface area contributed by atoms with Gasteiger partial charge < -0.3 is 9.64 Å². The van der Waals surface area contributed by atoms with E-state index in [-0.39, 0.29) is 5.37 Å². The number of guanidine groups is 1. The Kier molecular flexibility index (Phi) is 5.89. The number of thioether (sulfide) groups is 1. The third kappa shape index (κ3) is 4.03. The first-order chi connectivity index (χ1) is 16.8. The van der Waals surface area contributed by atoms with Crippen LogP contribution in [0.2, 0.25) is 0 Å². The first-order valence-corrected chi connectivity index (χ1v) is 13.4. The molecular weight excluding hydrogens is 460 g/mol. The zero-order valence-electron chi connectivity index (χ0n) is 19.1. The van der Waals surface area contributed by atoms with Gasteiger partial charge in [-0.05, 0) is 61.2 Å². The highest BCUT2D eigenvalue weighted by atomic mass is 32.2. The molecule has 172 valence electrons. The van der Waals surface area contributed by atoms with E-state index in [4.69, 9.17) is 14.7 Å². The van der Waals surface area contributed by atoms with Crippen LogP contribution in [-0.2, 0) is 0 Å². The Morgan fingerprint density at radius 3 is 2.50 bits per heavy atom. The Morgan fingerprint density at radius 2 is 1.71 bits per heavy atom. The maximum Gasteiger partial charge on any atom is 0.213 e. The number of anilines is 1. The Hall–Kier alpha value is -3.03. The van der Waals surface area contributed by atoms with Crippen molar-refractivity contribution in [3.8, 4) is 5.75 Å². The normalized spacial score (nSPS) is 18.4. The maximum absolute atomic E-state index is 5.41. The Balaban J connectivity index is 1.48. The number of likely N-dealkylation sites (tertiary alicyclic amines) is 1. The fraction of sp³-hybridized carbons (Fsp3) is 0.259. The zero-order chi connectivity index (χ0) is 22.9. The number of para-hydroxylation sites is 2. The van der Waals surface area contributed by atoms with Gasteiger partial charge in [0.1, 0.15) is 11.1 Å². The first-order valence-electron chi connectivity index (χ1n) is 11.7. The molecule has 3 heterocycles. The monoisotopic (exact) mass is 486 g/mol. The Labute approximate surface area is 208 Å². The molecule has 1 atom stereocenters. The van der Waals surface area contributed by atoms with Gasteiger partial charge in [0, 0.05) is 18.0 Å². The molecule has 0 unspecified atom stereocenters. The fourth-order valence-electron chi connectivity index (χ4n) is 4.62. The van der Waals surface area contributed by atoms with Crippen molar-refractivity contribution in [2.75, 3.05) is 25.1 Å². The summed E-state index contributed by atoms with van der Waals surface area (Å²) in [6.07, 6.45) is 3.65. The van der Waals surface area contributed by atoms with Gasteiger partial charge in [-0.25, -0.2) is 4.98 Å². The number of hydrogen-bond acceptors (Lipinski definition) is 5. The summed E-state index contributed by atoms with van der Waals surface area (Å²) in [6, 6.07) is 25.4. The number of aliphatic imine (C=N–C) groups is 1. The largest absolute Gasteiger partial charge is 0.497 e. The summed E-state index contributed by atoms with van der Waals surface area (Å²) in [7, 11) is 1.71. The third-order valence-corrected chi connectivity index (χ3v) is 8.57. The van der Waals surface area contributed by atoms with Gasteiger partial charge in [-0.1, -0.05) is 59.5 Å². The van der Waals surface area contributed by atoms with Gasteiger partial charge in [0.05, 0.1) is 23.0 Å². The maximum atomic E-state index is 5.41. The van der Waals surface area contributed by atoms with Crippen molar-refractivity contribution in [2.24, 2.45) is 4.99 Å². The van der Waals surface area contributed by atoms with E-state index >= 15 is 0 Å². The number of benzene rings is 3. The number of hydrogen-bond donors (Lipinski definition) is 0. The summed E-state index contributed by atoms with van der Waals surface area (Å²) in [6.45, 7) is 2.03. The standard InChI is InChI=1S/C27H26N4OS2/c1-32-20-15-13-19(14-16-20)25-31(22-10-4-6-12-24(22)33-25)27(30-17-7-2-8-18-30)29-26-28-21-9-3-5-11-23(21)34-26/h3-6,9-16,25H,2,7-8,17-18H2,1H3/b29-27+/t25-/m1/s1. The van der Waals surface area contributed by atoms with Crippen LogP contribution >= 0.6 is 23.1 Å². The van der Waals surface area contributed by atoms with Crippen LogP contribution in [0, 0.1) is 0 Å². The van der Waals surface area contributed by atoms with Gasteiger partial charge in [-0.15, -0.1) is 0 Å². The molecule has 1 aromatic heterocycles. The average molecular weight is 487 g/mol. The molecule has 4 aromatic rings. The molecule has 0 amide bonds. The van der Waals surface area contributed by atoms with E-state index < -0.39 is 0 Å². The van der Waals surface area contributed by atoms with Gasteiger partial charge in [-0.3, -0.25) is 4.90 Å². The summed E-state index contributed by atoms with van der Waals surface area (Å²) < 4.78 is 6.58. The minimum Gasteiger partial charge on any atom is -0.497 e. The van der Waals surface area contributed by atoms with Gasteiger partial charge in [0.25, 0.3) is 0 Å². The van der Waals surface area contributed by atoms with Crippen LogP contribution in [-0.4, -0.2) is 36.0 Å². The lowest BCUT2D eigenvalue weighted by atomic mass is 10.1. The molecule has 6 rings (SSSR count). The number of methoxy groups -OCH3 is 1. The number of nitrogens with zero attached hydrogens (tertiary/aromatic N) is 4. The minimum atomic E-state index is 0.0957. The molecule has 0 N–H and O–H groups in total. The molecule has 3 aromatic carbocycles. The SMILES string of the molecule is COc1ccc([C@H]2Sc3ccccc3N2/C(=N/c2nc3ccccc3s2)N2CCCCC2)cc1. The smallest absolute Gasteiger partial charge is 0.213 e. The van der Waals surface area contributed by atoms with Crippen molar-refractivity contribution in [1.82, 2.24) is 9.88 Å². The molecule has 34 heavy (non-hydrogen) atoms. The van der Waals surface area contributed by atoms with Crippen LogP contribution in [0.3, 0.4) is 0 Å². The van der Waals surface area contributed by atoms with E-state index in [2.05, 4.69) is 64.4 Å². The van der Waals surface area contributed by atoms with Crippen LogP contribution in [0.1, 0.15) is 30.2 Å². The highest BCUT2D eigenvalue weighted by Gasteiger charge is 2.37. The summed E-state index contributed by atoms with van der Waals surface area (Å²) in [5, 5.41) is 0.906. The van der Waals surface area contributed by atoms with Gasteiger partial charge in [-0.2, -0.15) is 4.99 Å². The number of piperidine rings is 1. The number of thiazole rings is 1. The number of ether oxygens (including phenoxy) is 1. The van der Waals surface area contributed by atoms with Gasteiger partial charge >= 0.3 is 0 Å². The molecule has 5 nitrogen and oxygen atoms in total. The predicted octanol–water partition coefficient (Wildman–Crippen LogP) is 7.09. The van der Waals surface area contributed by atoms with Crippen molar-refractivity contribution < 1.29 is 4.74 Å². The molecular formula is C27H26N4OS2. The van der Waals surface area contributed by atoms with E-state index in [0.29, 0.717) is 0 Å². The Bertz CT molecular complexity index is 1290. The summed E-state index contributed by atoms with van der Waals surface area (Å²) in [5.41, 5.74) is 3.45. The molecule has 0 aliphatic carbocycles. The van der Waals surface area contributed by atoms with Crippen LogP contribution in [0.4, 0.5) is 10.8 Å². The predicted molar refractivity (Wildman–Crippen MR) is 143 cm³/mol. The molecule has 1 saturated heterocycles. The molecule has 0 saturated carbocycles. The van der Waals surface area contributed by atoms with Crippen LogP contribution in [0.5, 0.6) is 5.75 Å². The molecule has 7 heteroatoms. The average Bonchev–Trinajstić information content (AvgIpc) is 3.49. The van der Waals surface area contributed by atoms with Crippen molar-refractivity contribution >= 4 is 50.1 Å². The summed E-state index contributed by atoms with van der Waals surface area (Å²) in [4.78, 5) is 16.2. The van der Waals surface area contributed by atoms with E-state index in [1.54, 1.807) is 18.4 Å². The second-order valence-corrected chi connectivity index (χ2v) is 10.6. The van der Waals surface area contributed by atoms with Crippen LogP contribution < -0.4 is 9.64 Å². The molecule has 1 fully saturated rings. The van der Waals surface area contributed by atoms with Crippen LogP contribution in [0.25, 0.3) is 10.2 Å². The van der Waals surface area contributed by atoms with E-state index in [1.807, 2.05) is 30.0 Å². The first kappa shape index (κ1) is 21.5. The van der Waals surface area contributed by atoms with Crippen molar-refractivity contribution in [1.29, 1.82) is 0 Å². The quantitative estimate of drug-likeness (QED) is 0.228.